The minimum Gasteiger partial charge on any atom is -0.389 e. The quantitative estimate of drug-likeness (QED) is 0.901. The van der Waals surface area contributed by atoms with Crippen molar-refractivity contribution < 1.29 is 18.6 Å². The van der Waals surface area contributed by atoms with E-state index < -0.39 is 17.2 Å². The van der Waals surface area contributed by atoms with E-state index in [0.717, 1.165) is 18.6 Å². The number of aliphatic hydroxyl groups is 1. The van der Waals surface area contributed by atoms with Crippen molar-refractivity contribution in [3.05, 3.63) is 35.4 Å². The molecule has 0 radical (unpaired) electrons. The molecule has 0 saturated carbocycles. The first kappa shape index (κ1) is 13.4. The van der Waals surface area contributed by atoms with Gasteiger partial charge in [0.1, 0.15) is 0 Å². The molecule has 1 N–H and O–H groups in total. The number of hydrogen-bond acceptors (Lipinski definition) is 2. The molecule has 1 aromatic rings. The lowest BCUT2D eigenvalue weighted by atomic mass is 9.84. The summed E-state index contributed by atoms with van der Waals surface area (Å²) in [6.45, 7) is 2.52. The van der Waals surface area contributed by atoms with Crippen LogP contribution in [-0.4, -0.2) is 23.4 Å². The standard InChI is InChI=1S/C14H18F2O2/c1-2-11-9-14(17,5-6-18-11)8-10-3-4-12(15)13(16)7-10/h3-4,7,11,17H,2,5-6,8-9H2,1H3. The Kier molecular flexibility index (Phi) is 3.97. The first-order chi connectivity index (χ1) is 8.52. The Morgan fingerprint density at radius 3 is 2.83 bits per heavy atom. The smallest absolute Gasteiger partial charge is 0.159 e. The second-order valence-electron chi connectivity index (χ2n) is 5.00. The molecule has 1 aliphatic heterocycles. The highest BCUT2D eigenvalue weighted by molar-refractivity contribution is 5.20. The summed E-state index contributed by atoms with van der Waals surface area (Å²) in [6, 6.07) is 3.78. The van der Waals surface area contributed by atoms with Gasteiger partial charge in [0.05, 0.1) is 11.7 Å². The van der Waals surface area contributed by atoms with Gasteiger partial charge in [-0.2, -0.15) is 0 Å². The van der Waals surface area contributed by atoms with Crippen LogP contribution in [0.25, 0.3) is 0 Å². The SMILES string of the molecule is CCC1CC(O)(Cc2ccc(F)c(F)c2)CCO1. The van der Waals surface area contributed by atoms with Crippen molar-refractivity contribution >= 4 is 0 Å². The molecule has 0 bridgehead atoms. The molecule has 100 valence electrons. The lowest BCUT2D eigenvalue weighted by Crippen LogP contribution is -2.42. The lowest BCUT2D eigenvalue weighted by molar-refractivity contribution is -0.103. The minimum absolute atomic E-state index is 0.0500. The van der Waals surface area contributed by atoms with E-state index in [1.165, 1.54) is 6.07 Å². The van der Waals surface area contributed by atoms with Gasteiger partial charge in [-0.15, -0.1) is 0 Å². The third-order valence-electron chi connectivity index (χ3n) is 3.50. The zero-order valence-corrected chi connectivity index (χ0v) is 10.5. The molecule has 1 saturated heterocycles. The Morgan fingerprint density at radius 1 is 1.39 bits per heavy atom. The van der Waals surface area contributed by atoms with Crippen LogP contribution in [0.5, 0.6) is 0 Å². The average molecular weight is 256 g/mol. The van der Waals surface area contributed by atoms with E-state index in [1.54, 1.807) is 0 Å². The summed E-state index contributed by atoms with van der Waals surface area (Å²) in [4.78, 5) is 0. The van der Waals surface area contributed by atoms with Crippen molar-refractivity contribution in [2.45, 2.75) is 44.3 Å². The molecule has 18 heavy (non-hydrogen) atoms. The third-order valence-corrected chi connectivity index (χ3v) is 3.50. The van der Waals surface area contributed by atoms with Crippen LogP contribution in [0.4, 0.5) is 8.78 Å². The van der Waals surface area contributed by atoms with E-state index >= 15 is 0 Å². The summed E-state index contributed by atoms with van der Waals surface area (Å²) in [6.07, 6.45) is 2.31. The summed E-state index contributed by atoms with van der Waals surface area (Å²) >= 11 is 0. The van der Waals surface area contributed by atoms with Crippen molar-refractivity contribution in [1.29, 1.82) is 0 Å². The maximum absolute atomic E-state index is 13.1. The highest BCUT2D eigenvalue weighted by Gasteiger charge is 2.34. The second kappa shape index (κ2) is 5.33. The molecule has 2 atom stereocenters. The van der Waals surface area contributed by atoms with Gasteiger partial charge in [-0.05, 0) is 30.5 Å². The van der Waals surface area contributed by atoms with Crippen LogP contribution in [0.15, 0.2) is 18.2 Å². The van der Waals surface area contributed by atoms with Gasteiger partial charge < -0.3 is 9.84 Å². The van der Waals surface area contributed by atoms with Gasteiger partial charge in [0.25, 0.3) is 0 Å². The highest BCUT2D eigenvalue weighted by atomic mass is 19.2. The largest absolute Gasteiger partial charge is 0.389 e. The summed E-state index contributed by atoms with van der Waals surface area (Å²) in [5, 5.41) is 10.5. The van der Waals surface area contributed by atoms with Crippen molar-refractivity contribution in [3.63, 3.8) is 0 Å². The molecular formula is C14H18F2O2. The molecule has 2 nitrogen and oxygen atoms in total. The van der Waals surface area contributed by atoms with Crippen molar-refractivity contribution in [2.24, 2.45) is 0 Å². The van der Waals surface area contributed by atoms with Crippen molar-refractivity contribution in [3.8, 4) is 0 Å². The zero-order valence-electron chi connectivity index (χ0n) is 10.5. The summed E-state index contributed by atoms with van der Waals surface area (Å²) in [5.74, 6) is -1.72. The normalized spacial score (nSPS) is 28.3. The van der Waals surface area contributed by atoms with Crippen LogP contribution >= 0.6 is 0 Å². The number of hydrogen-bond donors (Lipinski definition) is 1. The Labute approximate surface area is 106 Å². The van der Waals surface area contributed by atoms with E-state index in [2.05, 4.69) is 0 Å². The van der Waals surface area contributed by atoms with E-state index in [0.29, 0.717) is 31.4 Å². The summed E-state index contributed by atoms with van der Waals surface area (Å²) in [5.41, 5.74) is -0.253. The fourth-order valence-corrected chi connectivity index (χ4v) is 2.45. The Balaban J connectivity index is 2.09. The summed E-state index contributed by atoms with van der Waals surface area (Å²) < 4.78 is 31.5. The van der Waals surface area contributed by atoms with Crippen molar-refractivity contribution in [1.82, 2.24) is 0 Å². The van der Waals surface area contributed by atoms with E-state index in [9.17, 15) is 13.9 Å². The number of rotatable bonds is 3. The molecule has 0 spiro atoms. The van der Waals surface area contributed by atoms with E-state index in [4.69, 9.17) is 4.74 Å². The topological polar surface area (TPSA) is 29.5 Å². The molecule has 0 amide bonds. The molecule has 0 aromatic heterocycles. The molecule has 0 aliphatic carbocycles. The molecule has 2 rings (SSSR count). The van der Waals surface area contributed by atoms with Crippen LogP contribution in [0.2, 0.25) is 0 Å². The Bertz CT molecular complexity index is 422. The highest BCUT2D eigenvalue weighted by Crippen LogP contribution is 2.30. The number of halogens is 2. The Morgan fingerprint density at radius 2 is 2.17 bits per heavy atom. The lowest BCUT2D eigenvalue weighted by Gasteiger charge is -2.36. The first-order valence-corrected chi connectivity index (χ1v) is 6.30. The van der Waals surface area contributed by atoms with Gasteiger partial charge >= 0.3 is 0 Å². The molecule has 1 heterocycles. The molecule has 4 heteroatoms. The first-order valence-electron chi connectivity index (χ1n) is 6.30. The van der Waals surface area contributed by atoms with E-state index in [1.807, 2.05) is 6.92 Å². The van der Waals surface area contributed by atoms with Gasteiger partial charge in [-0.3, -0.25) is 0 Å². The predicted octanol–water partition coefficient (Wildman–Crippen LogP) is 2.83. The number of ether oxygens (including phenoxy) is 1. The van der Waals surface area contributed by atoms with Gasteiger partial charge in [0.15, 0.2) is 11.6 Å². The minimum atomic E-state index is -0.872. The van der Waals surface area contributed by atoms with Gasteiger partial charge in [-0.25, -0.2) is 8.78 Å². The fourth-order valence-electron chi connectivity index (χ4n) is 2.45. The van der Waals surface area contributed by atoms with Crippen LogP contribution in [0.1, 0.15) is 31.7 Å². The molecule has 2 unspecified atom stereocenters. The van der Waals surface area contributed by atoms with Gasteiger partial charge in [-0.1, -0.05) is 13.0 Å². The van der Waals surface area contributed by atoms with Crippen LogP contribution < -0.4 is 0 Å². The van der Waals surface area contributed by atoms with Crippen molar-refractivity contribution in [2.75, 3.05) is 6.61 Å². The molecule has 1 fully saturated rings. The maximum atomic E-state index is 13.1. The summed E-state index contributed by atoms with van der Waals surface area (Å²) in [7, 11) is 0. The second-order valence-corrected chi connectivity index (χ2v) is 5.00. The van der Waals surface area contributed by atoms with Crippen LogP contribution in [0, 0.1) is 11.6 Å². The zero-order chi connectivity index (χ0) is 13.2. The molecular weight excluding hydrogens is 238 g/mol. The van der Waals surface area contributed by atoms with Crippen LogP contribution in [-0.2, 0) is 11.2 Å². The third kappa shape index (κ3) is 3.06. The maximum Gasteiger partial charge on any atom is 0.159 e. The average Bonchev–Trinajstić information content (AvgIpc) is 2.33. The monoisotopic (exact) mass is 256 g/mol. The number of benzene rings is 1. The van der Waals surface area contributed by atoms with Gasteiger partial charge in [0, 0.05) is 19.4 Å². The van der Waals surface area contributed by atoms with E-state index in [-0.39, 0.29) is 6.10 Å². The molecule has 1 aliphatic rings. The predicted molar refractivity (Wildman–Crippen MR) is 64.3 cm³/mol. The van der Waals surface area contributed by atoms with Crippen LogP contribution in [0.3, 0.4) is 0 Å². The molecule has 1 aromatic carbocycles. The van der Waals surface area contributed by atoms with Gasteiger partial charge in [0.2, 0.25) is 0 Å². The Hall–Kier alpha value is -1.00. The fraction of sp³-hybridized carbons (Fsp3) is 0.571.